The Morgan fingerprint density at radius 2 is 2.27 bits per heavy atom. The molecule has 11 heavy (non-hydrogen) atoms. The van der Waals surface area contributed by atoms with Gasteiger partial charge in [-0.3, -0.25) is 0 Å². The van der Waals surface area contributed by atoms with Gasteiger partial charge in [0.2, 0.25) is 0 Å². The van der Waals surface area contributed by atoms with Gasteiger partial charge in [-0.15, -0.1) is 0 Å². The zero-order valence-corrected chi connectivity index (χ0v) is 8.00. The third-order valence-electron chi connectivity index (χ3n) is 0.857. The number of carbonyl (C=O) groups excluding carboxylic acids is 1. The zero-order chi connectivity index (χ0) is 8.53. The first-order chi connectivity index (χ1) is 5.31. The lowest BCUT2D eigenvalue weighted by atomic mass is 10.4. The summed E-state index contributed by atoms with van der Waals surface area (Å²) in [7, 11) is 0. The van der Waals surface area contributed by atoms with Crippen molar-refractivity contribution in [3.8, 4) is 0 Å². The lowest BCUT2D eigenvalue weighted by Gasteiger charge is -1.94. The van der Waals surface area contributed by atoms with E-state index in [9.17, 15) is 4.79 Å². The maximum atomic E-state index is 10.7. The fraction of sp³-hybridized carbons (Fsp3) is 0.375. The quantitative estimate of drug-likeness (QED) is 0.313. The van der Waals surface area contributed by atoms with Crippen LogP contribution in [0.5, 0.6) is 0 Å². The minimum Gasteiger partial charge on any atom is -0.462 e. The van der Waals surface area contributed by atoms with E-state index in [0.717, 1.165) is 0 Å². The molecule has 0 spiro atoms. The summed E-state index contributed by atoms with van der Waals surface area (Å²) in [5.74, 6) is -0.303. The van der Waals surface area contributed by atoms with Gasteiger partial charge in [-0.05, 0) is 6.92 Å². The number of ether oxygens (including phenoxy) is 1. The third kappa shape index (κ3) is 7.33. The van der Waals surface area contributed by atoms with Gasteiger partial charge in [0, 0.05) is 11.4 Å². The van der Waals surface area contributed by atoms with Gasteiger partial charge in [0.25, 0.3) is 0 Å². The molecule has 0 heterocycles. The van der Waals surface area contributed by atoms with Crippen LogP contribution in [0.3, 0.4) is 0 Å². The summed E-state index contributed by atoms with van der Waals surface area (Å²) < 4.78 is 4.73. The average molecular weight is 219 g/mol. The highest BCUT2D eigenvalue weighted by Crippen LogP contribution is 1.85. The van der Waals surface area contributed by atoms with Crippen LogP contribution in [0, 0.1) is 0 Å². The highest BCUT2D eigenvalue weighted by Gasteiger charge is 1.92. The topological polar surface area (TPSA) is 26.3 Å². The van der Waals surface area contributed by atoms with Crippen molar-refractivity contribution in [2.24, 2.45) is 0 Å². The second kappa shape index (κ2) is 7.54. The predicted octanol–water partition coefficient (Wildman–Crippen LogP) is 2.06. The molecule has 0 atom stereocenters. The minimum absolute atomic E-state index is 0.303. The predicted molar refractivity (Wildman–Crippen MR) is 48.7 cm³/mol. The first-order valence-electron chi connectivity index (χ1n) is 3.33. The van der Waals surface area contributed by atoms with Gasteiger partial charge in [-0.25, -0.2) is 4.79 Å². The summed E-state index contributed by atoms with van der Waals surface area (Å²) in [6, 6.07) is 0. The van der Waals surface area contributed by atoms with Crippen molar-refractivity contribution in [3.05, 3.63) is 24.3 Å². The van der Waals surface area contributed by atoms with E-state index in [-0.39, 0.29) is 5.97 Å². The molecule has 0 aromatic rings. The van der Waals surface area contributed by atoms with Crippen molar-refractivity contribution in [3.63, 3.8) is 0 Å². The van der Waals surface area contributed by atoms with E-state index in [1.807, 2.05) is 13.0 Å². The molecule has 3 heteroatoms. The Labute approximate surface area is 75.1 Å². The van der Waals surface area contributed by atoms with E-state index in [1.54, 1.807) is 12.2 Å². The highest BCUT2D eigenvalue weighted by molar-refractivity contribution is 9.09. The SMILES string of the molecule is CC=CC=CC(=O)OCCBr. The maximum Gasteiger partial charge on any atom is 0.330 e. The summed E-state index contributed by atoms with van der Waals surface area (Å²) >= 11 is 3.14. The molecule has 0 radical (unpaired) electrons. The molecule has 0 bridgehead atoms. The number of halogens is 1. The summed E-state index contributed by atoms with van der Waals surface area (Å²) in [5.41, 5.74) is 0. The van der Waals surface area contributed by atoms with E-state index >= 15 is 0 Å². The van der Waals surface area contributed by atoms with E-state index in [2.05, 4.69) is 15.9 Å². The monoisotopic (exact) mass is 218 g/mol. The van der Waals surface area contributed by atoms with E-state index in [0.29, 0.717) is 11.9 Å². The molecule has 0 fully saturated rings. The molecule has 0 saturated heterocycles. The molecule has 0 aromatic heterocycles. The second-order valence-corrected chi connectivity index (χ2v) is 2.53. The van der Waals surface area contributed by atoms with Crippen LogP contribution in [0.4, 0.5) is 0 Å². The summed E-state index contributed by atoms with van der Waals surface area (Å²) in [5, 5.41) is 0.677. The van der Waals surface area contributed by atoms with Crippen molar-refractivity contribution in [2.75, 3.05) is 11.9 Å². The van der Waals surface area contributed by atoms with Crippen molar-refractivity contribution >= 4 is 21.9 Å². The van der Waals surface area contributed by atoms with Crippen molar-refractivity contribution in [2.45, 2.75) is 6.92 Å². The third-order valence-corrected chi connectivity index (χ3v) is 1.18. The fourth-order valence-corrected chi connectivity index (χ4v) is 0.594. The molecule has 0 aromatic carbocycles. The first-order valence-corrected chi connectivity index (χ1v) is 4.45. The molecular formula is C8H11BrO2. The first kappa shape index (κ1) is 10.4. The van der Waals surface area contributed by atoms with Crippen LogP contribution >= 0.6 is 15.9 Å². The Morgan fingerprint density at radius 1 is 1.55 bits per heavy atom. The zero-order valence-electron chi connectivity index (χ0n) is 6.42. The molecule has 0 aliphatic rings. The number of carbonyl (C=O) groups is 1. The van der Waals surface area contributed by atoms with Gasteiger partial charge in [0.1, 0.15) is 6.61 Å². The van der Waals surface area contributed by atoms with Gasteiger partial charge >= 0.3 is 5.97 Å². The van der Waals surface area contributed by atoms with Gasteiger partial charge in [-0.1, -0.05) is 34.2 Å². The molecule has 0 N–H and O–H groups in total. The lowest BCUT2D eigenvalue weighted by Crippen LogP contribution is -2.02. The minimum atomic E-state index is -0.303. The van der Waals surface area contributed by atoms with Gasteiger partial charge in [0.15, 0.2) is 0 Å². The van der Waals surface area contributed by atoms with Gasteiger partial charge in [0.05, 0.1) is 0 Å². The highest BCUT2D eigenvalue weighted by atomic mass is 79.9. The molecule has 0 saturated carbocycles. The van der Waals surface area contributed by atoms with Crippen molar-refractivity contribution in [1.29, 1.82) is 0 Å². The average Bonchev–Trinajstić information content (AvgIpc) is 2.01. The Hall–Kier alpha value is -0.570. The van der Waals surface area contributed by atoms with Gasteiger partial charge < -0.3 is 4.74 Å². The van der Waals surface area contributed by atoms with Crippen LogP contribution in [0.15, 0.2) is 24.3 Å². The van der Waals surface area contributed by atoms with Crippen LogP contribution in [0.1, 0.15) is 6.92 Å². The number of hydrogen-bond acceptors (Lipinski definition) is 2. The standard InChI is InChI=1S/C8H11BrO2/c1-2-3-4-5-8(10)11-7-6-9/h2-5H,6-7H2,1H3. The largest absolute Gasteiger partial charge is 0.462 e. The van der Waals surface area contributed by atoms with Crippen LogP contribution < -0.4 is 0 Å². The summed E-state index contributed by atoms with van der Waals surface area (Å²) in [6.45, 7) is 2.30. The number of alkyl halides is 1. The summed E-state index contributed by atoms with van der Waals surface area (Å²) in [4.78, 5) is 10.7. The Bertz CT molecular complexity index is 161. The number of allylic oxidation sites excluding steroid dienone is 3. The van der Waals surface area contributed by atoms with Crippen LogP contribution in [-0.2, 0) is 9.53 Å². The second-order valence-electron chi connectivity index (χ2n) is 1.74. The Morgan fingerprint density at radius 3 is 2.82 bits per heavy atom. The summed E-state index contributed by atoms with van der Waals surface area (Å²) in [6.07, 6.45) is 6.66. The Balaban J connectivity index is 3.51. The molecule has 0 aliphatic carbocycles. The number of rotatable bonds is 4. The van der Waals surface area contributed by atoms with E-state index in [4.69, 9.17) is 4.74 Å². The van der Waals surface area contributed by atoms with Crippen LogP contribution in [0.25, 0.3) is 0 Å². The Kier molecular flexibility index (Phi) is 7.15. The molecule has 0 amide bonds. The molecular weight excluding hydrogens is 208 g/mol. The van der Waals surface area contributed by atoms with Crippen LogP contribution in [0.2, 0.25) is 0 Å². The van der Waals surface area contributed by atoms with Crippen molar-refractivity contribution in [1.82, 2.24) is 0 Å². The lowest BCUT2D eigenvalue weighted by molar-refractivity contribution is -0.137. The fourth-order valence-electron chi connectivity index (χ4n) is 0.433. The normalized spacial score (nSPS) is 11.1. The molecule has 62 valence electrons. The number of hydrogen-bond donors (Lipinski definition) is 0. The maximum absolute atomic E-state index is 10.7. The number of esters is 1. The molecule has 0 aliphatic heterocycles. The molecule has 0 rings (SSSR count). The molecule has 2 nitrogen and oxygen atoms in total. The van der Waals surface area contributed by atoms with Crippen LogP contribution in [-0.4, -0.2) is 17.9 Å². The van der Waals surface area contributed by atoms with Gasteiger partial charge in [-0.2, -0.15) is 0 Å². The van der Waals surface area contributed by atoms with E-state index in [1.165, 1.54) is 6.08 Å². The molecule has 0 unspecified atom stereocenters. The smallest absolute Gasteiger partial charge is 0.330 e. The van der Waals surface area contributed by atoms with Crippen molar-refractivity contribution < 1.29 is 9.53 Å². The van der Waals surface area contributed by atoms with E-state index < -0.39 is 0 Å².